The average Bonchev–Trinajstić information content (AvgIpc) is 2.32. The molecular formula is C12H11FN4O. The number of nitrogens with one attached hydrogen (secondary N) is 1. The standard InChI is InChI=1S/C12H11FN4O/c1-7-3-2-4-9(16-7)17-12(18)8-5-6-15-11(14)10(8)13/h2-6H,1H3,(H2,14,15)(H,16,17,18). The van der Waals surface area contributed by atoms with Gasteiger partial charge in [0.05, 0.1) is 5.56 Å². The molecule has 3 N–H and O–H groups in total. The van der Waals surface area contributed by atoms with Gasteiger partial charge in [-0.25, -0.2) is 14.4 Å². The minimum absolute atomic E-state index is 0.161. The summed E-state index contributed by atoms with van der Waals surface area (Å²) in [6.07, 6.45) is 1.27. The number of amides is 1. The lowest BCUT2D eigenvalue weighted by Crippen LogP contribution is -2.16. The van der Waals surface area contributed by atoms with Crippen LogP contribution in [-0.2, 0) is 0 Å². The molecular weight excluding hydrogens is 235 g/mol. The third-order valence-electron chi connectivity index (χ3n) is 2.29. The smallest absolute Gasteiger partial charge is 0.259 e. The molecule has 2 aromatic rings. The lowest BCUT2D eigenvalue weighted by molar-refractivity contribution is 0.102. The lowest BCUT2D eigenvalue weighted by atomic mass is 10.2. The van der Waals surface area contributed by atoms with E-state index < -0.39 is 11.7 Å². The number of nitrogens with two attached hydrogens (primary N) is 1. The number of nitrogens with zero attached hydrogens (tertiary/aromatic N) is 2. The number of pyridine rings is 2. The van der Waals surface area contributed by atoms with E-state index >= 15 is 0 Å². The Morgan fingerprint density at radius 2 is 2.17 bits per heavy atom. The van der Waals surface area contributed by atoms with Crippen molar-refractivity contribution in [3.63, 3.8) is 0 Å². The van der Waals surface area contributed by atoms with Crippen LogP contribution in [-0.4, -0.2) is 15.9 Å². The zero-order valence-corrected chi connectivity index (χ0v) is 9.64. The van der Waals surface area contributed by atoms with Crippen LogP contribution in [0.15, 0.2) is 30.5 Å². The van der Waals surface area contributed by atoms with Crippen molar-refractivity contribution in [3.05, 3.63) is 47.5 Å². The van der Waals surface area contributed by atoms with E-state index in [1.54, 1.807) is 25.1 Å². The number of hydrogen-bond acceptors (Lipinski definition) is 4. The fourth-order valence-electron chi connectivity index (χ4n) is 1.43. The van der Waals surface area contributed by atoms with Crippen molar-refractivity contribution >= 4 is 17.5 Å². The van der Waals surface area contributed by atoms with Gasteiger partial charge in [0, 0.05) is 11.9 Å². The molecule has 0 aliphatic rings. The summed E-state index contributed by atoms with van der Waals surface area (Å²) in [5, 5.41) is 2.49. The lowest BCUT2D eigenvalue weighted by Gasteiger charge is -2.06. The minimum Gasteiger partial charge on any atom is -0.381 e. The molecule has 0 spiro atoms. The van der Waals surface area contributed by atoms with Crippen LogP contribution in [0.25, 0.3) is 0 Å². The van der Waals surface area contributed by atoms with Crippen LogP contribution < -0.4 is 11.1 Å². The van der Waals surface area contributed by atoms with E-state index in [-0.39, 0.29) is 11.4 Å². The predicted octanol–water partition coefficient (Wildman–Crippen LogP) is 1.76. The average molecular weight is 246 g/mol. The summed E-state index contributed by atoms with van der Waals surface area (Å²) in [6, 6.07) is 6.42. The monoisotopic (exact) mass is 246 g/mol. The quantitative estimate of drug-likeness (QED) is 0.846. The number of carbonyl (C=O) groups is 1. The van der Waals surface area contributed by atoms with Gasteiger partial charge in [-0.1, -0.05) is 6.07 Å². The van der Waals surface area contributed by atoms with Gasteiger partial charge in [0.25, 0.3) is 5.91 Å². The van der Waals surface area contributed by atoms with Gasteiger partial charge in [-0.2, -0.15) is 0 Å². The summed E-state index contributed by atoms with van der Waals surface area (Å²) in [4.78, 5) is 19.5. The number of hydrogen-bond donors (Lipinski definition) is 2. The molecule has 0 saturated carbocycles. The molecule has 6 heteroatoms. The molecule has 0 radical (unpaired) electrons. The van der Waals surface area contributed by atoms with Crippen LogP contribution in [0.2, 0.25) is 0 Å². The first-order chi connectivity index (χ1) is 8.58. The predicted molar refractivity (Wildman–Crippen MR) is 65.5 cm³/mol. The van der Waals surface area contributed by atoms with Crippen LogP contribution >= 0.6 is 0 Å². The van der Waals surface area contributed by atoms with Crippen LogP contribution in [0, 0.1) is 12.7 Å². The number of aromatic nitrogens is 2. The molecule has 0 atom stereocenters. The maximum absolute atomic E-state index is 13.6. The summed E-state index contributed by atoms with van der Waals surface area (Å²) in [6.45, 7) is 1.79. The van der Waals surface area contributed by atoms with E-state index in [0.717, 1.165) is 5.69 Å². The number of anilines is 2. The summed E-state index contributed by atoms with van der Waals surface area (Å²) in [5.41, 5.74) is 5.89. The third kappa shape index (κ3) is 2.42. The highest BCUT2D eigenvalue weighted by atomic mass is 19.1. The second-order valence-corrected chi connectivity index (χ2v) is 3.68. The highest BCUT2D eigenvalue weighted by Gasteiger charge is 2.14. The van der Waals surface area contributed by atoms with Crippen molar-refractivity contribution in [2.75, 3.05) is 11.1 Å². The number of aryl methyl sites for hydroxylation is 1. The molecule has 1 amide bonds. The fourth-order valence-corrected chi connectivity index (χ4v) is 1.43. The molecule has 2 aromatic heterocycles. The summed E-state index contributed by atoms with van der Waals surface area (Å²) in [7, 11) is 0. The molecule has 0 fully saturated rings. The van der Waals surface area contributed by atoms with Crippen molar-refractivity contribution in [2.24, 2.45) is 0 Å². The number of nitrogen functional groups attached to an aromatic ring is 1. The molecule has 2 rings (SSSR count). The molecule has 0 aromatic carbocycles. The van der Waals surface area contributed by atoms with Gasteiger partial charge in [-0.15, -0.1) is 0 Å². The Bertz CT molecular complexity index is 600. The van der Waals surface area contributed by atoms with Crippen molar-refractivity contribution in [1.82, 2.24) is 9.97 Å². The summed E-state index contributed by atoms with van der Waals surface area (Å²) < 4.78 is 13.6. The van der Waals surface area contributed by atoms with E-state index in [1.807, 2.05) is 0 Å². The number of rotatable bonds is 2. The number of halogens is 1. The SMILES string of the molecule is Cc1cccc(NC(=O)c2ccnc(N)c2F)n1. The van der Waals surface area contributed by atoms with Gasteiger partial charge in [0.2, 0.25) is 0 Å². The van der Waals surface area contributed by atoms with Crippen LogP contribution in [0.3, 0.4) is 0 Å². The van der Waals surface area contributed by atoms with E-state index in [1.165, 1.54) is 12.3 Å². The van der Waals surface area contributed by atoms with E-state index in [4.69, 9.17) is 5.73 Å². The van der Waals surface area contributed by atoms with Crippen LogP contribution in [0.5, 0.6) is 0 Å². The van der Waals surface area contributed by atoms with E-state index in [9.17, 15) is 9.18 Å². The van der Waals surface area contributed by atoms with E-state index in [2.05, 4.69) is 15.3 Å². The highest BCUT2D eigenvalue weighted by Crippen LogP contribution is 2.13. The van der Waals surface area contributed by atoms with Gasteiger partial charge in [-0.05, 0) is 25.1 Å². The molecule has 2 heterocycles. The Morgan fingerprint density at radius 1 is 1.39 bits per heavy atom. The molecule has 0 bridgehead atoms. The summed E-state index contributed by atoms with van der Waals surface area (Å²) in [5.74, 6) is -1.39. The molecule has 0 aliphatic heterocycles. The van der Waals surface area contributed by atoms with Crippen LogP contribution in [0.4, 0.5) is 16.0 Å². The van der Waals surface area contributed by atoms with Crippen LogP contribution in [0.1, 0.15) is 16.1 Å². The van der Waals surface area contributed by atoms with E-state index in [0.29, 0.717) is 5.82 Å². The molecule has 5 nitrogen and oxygen atoms in total. The fraction of sp³-hybridized carbons (Fsp3) is 0.0833. The van der Waals surface area contributed by atoms with Gasteiger partial charge in [-0.3, -0.25) is 4.79 Å². The number of carbonyl (C=O) groups excluding carboxylic acids is 1. The first-order valence-corrected chi connectivity index (χ1v) is 5.23. The van der Waals surface area contributed by atoms with Gasteiger partial charge in [0.1, 0.15) is 5.82 Å². The Morgan fingerprint density at radius 3 is 2.89 bits per heavy atom. The second kappa shape index (κ2) is 4.79. The maximum atomic E-state index is 13.6. The van der Waals surface area contributed by atoms with Crippen molar-refractivity contribution in [3.8, 4) is 0 Å². The molecule has 0 aliphatic carbocycles. The maximum Gasteiger partial charge on any atom is 0.259 e. The van der Waals surface area contributed by atoms with Gasteiger partial charge in [0.15, 0.2) is 11.6 Å². The Balaban J connectivity index is 2.25. The first kappa shape index (κ1) is 12.0. The zero-order chi connectivity index (χ0) is 13.1. The third-order valence-corrected chi connectivity index (χ3v) is 2.29. The normalized spacial score (nSPS) is 10.1. The summed E-state index contributed by atoms with van der Waals surface area (Å²) >= 11 is 0. The van der Waals surface area contributed by atoms with Crippen molar-refractivity contribution < 1.29 is 9.18 Å². The molecule has 0 saturated heterocycles. The molecule has 0 unspecified atom stereocenters. The van der Waals surface area contributed by atoms with Crippen molar-refractivity contribution in [2.45, 2.75) is 6.92 Å². The zero-order valence-electron chi connectivity index (χ0n) is 9.64. The largest absolute Gasteiger partial charge is 0.381 e. The van der Waals surface area contributed by atoms with Gasteiger partial charge >= 0.3 is 0 Å². The molecule has 92 valence electrons. The first-order valence-electron chi connectivity index (χ1n) is 5.23. The van der Waals surface area contributed by atoms with Gasteiger partial charge < -0.3 is 11.1 Å². The molecule has 18 heavy (non-hydrogen) atoms. The topological polar surface area (TPSA) is 80.9 Å². The Kier molecular flexibility index (Phi) is 3.18. The minimum atomic E-state index is -0.831. The van der Waals surface area contributed by atoms with Crippen molar-refractivity contribution in [1.29, 1.82) is 0 Å². The highest BCUT2D eigenvalue weighted by molar-refractivity contribution is 6.04. The Hall–Kier alpha value is -2.50. The second-order valence-electron chi connectivity index (χ2n) is 3.68. The Labute approximate surface area is 103 Å².